The highest BCUT2D eigenvalue weighted by atomic mass is 32.2. The van der Waals surface area contributed by atoms with Crippen LogP contribution in [0, 0.1) is 5.82 Å². The summed E-state index contributed by atoms with van der Waals surface area (Å²) in [5, 5.41) is 5.47. The van der Waals surface area contributed by atoms with Crippen LogP contribution in [-0.2, 0) is 4.79 Å². The highest BCUT2D eigenvalue weighted by molar-refractivity contribution is 8.16. The van der Waals surface area contributed by atoms with Crippen LogP contribution in [0.1, 0.15) is 37.0 Å². The van der Waals surface area contributed by atoms with Crippen molar-refractivity contribution in [2.24, 2.45) is 9.98 Å². The summed E-state index contributed by atoms with van der Waals surface area (Å²) in [5.41, 5.74) is 0.755. The summed E-state index contributed by atoms with van der Waals surface area (Å²) >= 11 is 3.02. The Kier molecular flexibility index (Phi) is 5.41. The van der Waals surface area contributed by atoms with Crippen LogP contribution in [0.5, 0.6) is 0 Å². The summed E-state index contributed by atoms with van der Waals surface area (Å²) in [6.45, 7) is 0. The average molecular weight is 402 g/mol. The maximum absolute atomic E-state index is 13.7. The van der Waals surface area contributed by atoms with Gasteiger partial charge in [-0.05, 0) is 49.3 Å². The third-order valence-corrected chi connectivity index (χ3v) is 6.57. The van der Waals surface area contributed by atoms with Crippen molar-refractivity contribution in [1.29, 1.82) is 0 Å². The zero-order chi connectivity index (χ0) is 18.7. The molecule has 2 aliphatic rings. The van der Waals surface area contributed by atoms with Crippen LogP contribution < -0.4 is 5.32 Å². The molecular weight excluding hydrogens is 381 g/mol. The number of thiophene rings is 1. The molecule has 1 aromatic heterocycles. The maximum Gasteiger partial charge on any atom is 0.234 e. The van der Waals surface area contributed by atoms with Gasteiger partial charge in [-0.15, -0.1) is 11.3 Å². The van der Waals surface area contributed by atoms with E-state index in [1.54, 1.807) is 29.5 Å². The lowest BCUT2D eigenvalue weighted by Gasteiger charge is -2.27. The second-order valence-corrected chi connectivity index (χ2v) is 8.63. The number of benzene rings is 1. The number of thioether (sulfide) groups is 1. The van der Waals surface area contributed by atoms with Gasteiger partial charge >= 0.3 is 0 Å². The molecule has 1 aliphatic carbocycles. The maximum atomic E-state index is 13.7. The molecule has 1 saturated carbocycles. The third kappa shape index (κ3) is 4.14. The minimum atomic E-state index is -0.434. The molecule has 1 N–H and O–H groups in total. The number of carbonyl (C=O) groups is 1. The van der Waals surface area contributed by atoms with Gasteiger partial charge in [0.15, 0.2) is 5.66 Å². The number of rotatable bonds is 4. The Morgan fingerprint density at radius 3 is 2.70 bits per heavy atom. The van der Waals surface area contributed by atoms with Crippen molar-refractivity contribution in [3.05, 3.63) is 52.5 Å². The highest BCUT2D eigenvalue weighted by Crippen LogP contribution is 2.39. The highest BCUT2D eigenvalue weighted by Gasteiger charge is 2.38. The number of para-hydroxylation sites is 1. The molecule has 4 nitrogen and oxygen atoms in total. The molecule has 27 heavy (non-hydrogen) atoms. The largest absolute Gasteiger partial charge is 0.323 e. The van der Waals surface area contributed by atoms with Gasteiger partial charge in [-0.2, -0.15) is 0 Å². The van der Waals surface area contributed by atoms with Crippen LogP contribution in [0.15, 0.2) is 51.8 Å². The van der Waals surface area contributed by atoms with E-state index in [9.17, 15) is 9.18 Å². The van der Waals surface area contributed by atoms with Crippen molar-refractivity contribution in [2.75, 3.05) is 11.1 Å². The first-order valence-electron chi connectivity index (χ1n) is 9.06. The first kappa shape index (κ1) is 18.4. The number of aliphatic imine (C=N–C) groups is 2. The van der Waals surface area contributed by atoms with Crippen molar-refractivity contribution in [2.45, 2.75) is 37.8 Å². The number of nitrogens with zero attached hydrogens (tertiary/aromatic N) is 2. The molecule has 7 heteroatoms. The van der Waals surface area contributed by atoms with E-state index >= 15 is 0 Å². The van der Waals surface area contributed by atoms with Crippen LogP contribution in [0.4, 0.5) is 10.1 Å². The van der Waals surface area contributed by atoms with Gasteiger partial charge in [0.2, 0.25) is 5.91 Å². The van der Waals surface area contributed by atoms with Crippen LogP contribution in [0.2, 0.25) is 0 Å². The second-order valence-electron chi connectivity index (χ2n) is 6.71. The first-order valence-corrected chi connectivity index (χ1v) is 10.9. The molecule has 1 amide bonds. The third-order valence-electron chi connectivity index (χ3n) is 4.73. The summed E-state index contributed by atoms with van der Waals surface area (Å²) < 4.78 is 13.7. The van der Waals surface area contributed by atoms with E-state index in [4.69, 9.17) is 9.98 Å². The van der Waals surface area contributed by atoms with E-state index < -0.39 is 5.82 Å². The Bertz CT molecular complexity index is 886. The predicted octanol–water partition coefficient (Wildman–Crippen LogP) is 5.12. The average Bonchev–Trinajstić information content (AvgIpc) is 3.31. The lowest BCUT2D eigenvalue weighted by molar-refractivity contribution is -0.113. The molecule has 140 valence electrons. The Morgan fingerprint density at radius 2 is 1.96 bits per heavy atom. The van der Waals surface area contributed by atoms with E-state index in [1.807, 2.05) is 17.5 Å². The van der Waals surface area contributed by atoms with Gasteiger partial charge in [0.25, 0.3) is 0 Å². The van der Waals surface area contributed by atoms with Crippen molar-refractivity contribution < 1.29 is 9.18 Å². The fraction of sp³-hybridized carbons (Fsp3) is 0.350. The van der Waals surface area contributed by atoms with E-state index in [0.29, 0.717) is 0 Å². The monoisotopic (exact) mass is 401 g/mol. The van der Waals surface area contributed by atoms with Gasteiger partial charge in [0, 0.05) is 0 Å². The second kappa shape index (κ2) is 7.94. The van der Waals surface area contributed by atoms with Gasteiger partial charge in [0.1, 0.15) is 16.6 Å². The molecule has 0 unspecified atom stereocenters. The smallest absolute Gasteiger partial charge is 0.234 e. The fourth-order valence-corrected chi connectivity index (χ4v) is 5.07. The summed E-state index contributed by atoms with van der Waals surface area (Å²) in [7, 11) is 0. The minimum absolute atomic E-state index is 0.174. The first-order chi connectivity index (χ1) is 13.2. The molecule has 0 bridgehead atoms. The topological polar surface area (TPSA) is 53.8 Å². The Hall–Kier alpha value is -1.99. The van der Waals surface area contributed by atoms with Crippen LogP contribution in [0.25, 0.3) is 0 Å². The summed E-state index contributed by atoms with van der Waals surface area (Å²) in [6.07, 6.45) is 5.43. The van der Waals surface area contributed by atoms with Gasteiger partial charge in [-0.25, -0.2) is 9.38 Å². The Labute approximate surface area is 166 Å². The zero-order valence-corrected chi connectivity index (χ0v) is 16.4. The molecule has 0 radical (unpaired) electrons. The van der Waals surface area contributed by atoms with Crippen molar-refractivity contribution in [3.63, 3.8) is 0 Å². The van der Waals surface area contributed by atoms with Gasteiger partial charge in [-0.3, -0.25) is 9.79 Å². The number of carbonyl (C=O) groups excluding carboxylic acids is 1. The normalized spacial score (nSPS) is 18.3. The molecule has 4 rings (SSSR count). The molecule has 1 aromatic carbocycles. The van der Waals surface area contributed by atoms with E-state index in [2.05, 4.69) is 5.32 Å². The standard InChI is InChI=1S/C20H20FN3OS2/c21-14-7-2-3-8-15(14)22-17(25)13-27-19-18(16-9-6-12-26-16)23-20(24-19)10-4-1-5-11-20/h2-3,6-9,12H,1,4-5,10-11,13H2,(H,22,25). The van der Waals surface area contributed by atoms with Crippen LogP contribution in [-0.4, -0.2) is 28.1 Å². The number of hydrogen-bond acceptors (Lipinski definition) is 5. The van der Waals surface area contributed by atoms with Crippen molar-refractivity contribution >= 4 is 45.4 Å². The Balaban J connectivity index is 1.48. The van der Waals surface area contributed by atoms with Crippen molar-refractivity contribution in [1.82, 2.24) is 0 Å². The lowest BCUT2D eigenvalue weighted by atomic mass is 9.90. The summed E-state index contributed by atoms with van der Waals surface area (Å²) in [6, 6.07) is 10.2. The number of anilines is 1. The van der Waals surface area contributed by atoms with Crippen LogP contribution in [0.3, 0.4) is 0 Å². The summed E-state index contributed by atoms with van der Waals surface area (Å²) in [5.74, 6) is -0.507. The number of nitrogens with one attached hydrogen (secondary N) is 1. The fourth-order valence-electron chi connectivity index (χ4n) is 3.42. The molecule has 1 fully saturated rings. The number of halogens is 1. The van der Waals surface area contributed by atoms with Gasteiger partial charge in [-0.1, -0.05) is 36.4 Å². The number of amides is 1. The molecule has 0 saturated heterocycles. The molecule has 1 aliphatic heterocycles. The molecule has 0 atom stereocenters. The predicted molar refractivity (Wildman–Crippen MR) is 112 cm³/mol. The van der Waals surface area contributed by atoms with Gasteiger partial charge < -0.3 is 5.32 Å². The van der Waals surface area contributed by atoms with Gasteiger partial charge in [0.05, 0.1) is 16.3 Å². The molecule has 1 spiro atoms. The molecular formula is C20H20FN3OS2. The lowest BCUT2D eigenvalue weighted by Crippen LogP contribution is -2.25. The van der Waals surface area contributed by atoms with Crippen molar-refractivity contribution in [3.8, 4) is 0 Å². The molecule has 2 heterocycles. The van der Waals surface area contributed by atoms with E-state index in [0.717, 1.165) is 41.3 Å². The Morgan fingerprint density at radius 1 is 1.15 bits per heavy atom. The quantitative estimate of drug-likeness (QED) is 0.773. The van der Waals surface area contributed by atoms with E-state index in [1.165, 1.54) is 24.2 Å². The zero-order valence-electron chi connectivity index (χ0n) is 14.8. The van der Waals surface area contributed by atoms with Crippen LogP contribution >= 0.6 is 23.1 Å². The molecule has 2 aromatic rings. The minimum Gasteiger partial charge on any atom is -0.323 e. The SMILES string of the molecule is O=C(CSC1=NC2(CCCCC2)N=C1c1cccs1)Nc1ccccc1F. The summed E-state index contributed by atoms with van der Waals surface area (Å²) in [4.78, 5) is 23.3. The number of hydrogen-bond donors (Lipinski definition) is 1. The van der Waals surface area contributed by atoms with E-state index in [-0.39, 0.29) is 23.0 Å².